The third-order valence-corrected chi connectivity index (χ3v) is 3.13. The summed E-state index contributed by atoms with van der Waals surface area (Å²) in [5.74, 6) is 1.05. The largest absolute Gasteiger partial charge is 0.497 e. The molecule has 0 saturated carbocycles. The summed E-state index contributed by atoms with van der Waals surface area (Å²) in [4.78, 5) is 13.7. The van der Waals surface area contributed by atoms with Gasteiger partial charge in [0, 0.05) is 20.0 Å². The molecule has 1 N–H and O–H groups in total. The van der Waals surface area contributed by atoms with Crippen LogP contribution in [0.3, 0.4) is 0 Å². The first-order valence-corrected chi connectivity index (χ1v) is 6.69. The van der Waals surface area contributed by atoms with Crippen LogP contribution in [0.25, 0.3) is 0 Å². The maximum absolute atomic E-state index is 11.9. The number of hydrogen-bond donors (Lipinski definition) is 1. The molecule has 0 saturated heterocycles. The molecule has 0 aliphatic carbocycles. The Bertz CT molecular complexity index is 376. The SMILES string of the molecule is CNCCCN(C)C(=O)CCc1ccc(OC)cc1. The molecule has 4 heteroatoms. The maximum Gasteiger partial charge on any atom is 0.222 e. The normalized spacial score (nSPS) is 10.3. The molecule has 0 radical (unpaired) electrons. The first kappa shape index (κ1) is 15.5. The Hall–Kier alpha value is -1.55. The van der Waals surface area contributed by atoms with Crippen LogP contribution < -0.4 is 10.1 Å². The second-order valence-corrected chi connectivity index (χ2v) is 4.62. The van der Waals surface area contributed by atoms with Crippen LogP contribution in [-0.2, 0) is 11.2 Å². The zero-order valence-electron chi connectivity index (χ0n) is 12.1. The third-order valence-electron chi connectivity index (χ3n) is 3.13. The van der Waals surface area contributed by atoms with Gasteiger partial charge in [0.15, 0.2) is 0 Å². The van der Waals surface area contributed by atoms with E-state index in [2.05, 4.69) is 5.32 Å². The fourth-order valence-electron chi connectivity index (χ4n) is 1.85. The lowest BCUT2D eigenvalue weighted by molar-refractivity contribution is -0.129. The highest BCUT2D eigenvalue weighted by Gasteiger charge is 2.08. The molecule has 1 aromatic carbocycles. The highest BCUT2D eigenvalue weighted by molar-refractivity contribution is 5.76. The van der Waals surface area contributed by atoms with Gasteiger partial charge in [-0.15, -0.1) is 0 Å². The second kappa shape index (κ2) is 8.53. The molecule has 106 valence electrons. The Balaban J connectivity index is 2.32. The van der Waals surface area contributed by atoms with Crippen LogP contribution in [0.2, 0.25) is 0 Å². The topological polar surface area (TPSA) is 41.6 Å². The Labute approximate surface area is 115 Å². The summed E-state index contributed by atoms with van der Waals surface area (Å²) in [6.45, 7) is 1.75. The lowest BCUT2D eigenvalue weighted by Crippen LogP contribution is -2.29. The van der Waals surface area contributed by atoms with Crippen molar-refractivity contribution in [2.45, 2.75) is 19.3 Å². The lowest BCUT2D eigenvalue weighted by atomic mass is 10.1. The summed E-state index contributed by atoms with van der Waals surface area (Å²) in [5.41, 5.74) is 1.16. The van der Waals surface area contributed by atoms with Gasteiger partial charge < -0.3 is 15.0 Å². The van der Waals surface area contributed by atoms with Crippen LogP contribution in [0.15, 0.2) is 24.3 Å². The number of aryl methyl sites for hydroxylation is 1. The number of carbonyl (C=O) groups excluding carboxylic acids is 1. The van der Waals surface area contributed by atoms with Crippen molar-refractivity contribution in [2.75, 3.05) is 34.3 Å². The number of methoxy groups -OCH3 is 1. The molecular formula is C15H24N2O2. The minimum absolute atomic E-state index is 0.201. The summed E-state index contributed by atoms with van der Waals surface area (Å²) >= 11 is 0. The molecule has 1 aromatic rings. The van der Waals surface area contributed by atoms with E-state index in [1.807, 2.05) is 38.4 Å². The van der Waals surface area contributed by atoms with Crippen molar-refractivity contribution in [2.24, 2.45) is 0 Å². The molecule has 0 unspecified atom stereocenters. The first-order valence-electron chi connectivity index (χ1n) is 6.69. The van der Waals surface area contributed by atoms with Gasteiger partial charge in [0.2, 0.25) is 5.91 Å². The summed E-state index contributed by atoms with van der Waals surface area (Å²) in [6, 6.07) is 7.87. The molecule has 0 aliphatic heterocycles. The number of ether oxygens (including phenoxy) is 1. The van der Waals surface area contributed by atoms with E-state index in [4.69, 9.17) is 4.74 Å². The number of amides is 1. The quantitative estimate of drug-likeness (QED) is 0.727. The van der Waals surface area contributed by atoms with Crippen LogP contribution in [-0.4, -0.2) is 45.1 Å². The molecule has 1 amide bonds. The predicted molar refractivity (Wildman–Crippen MR) is 77.5 cm³/mol. The summed E-state index contributed by atoms with van der Waals surface area (Å²) < 4.78 is 5.11. The Morgan fingerprint density at radius 1 is 1.32 bits per heavy atom. The van der Waals surface area contributed by atoms with E-state index in [0.717, 1.165) is 37.2 Å². The van der Waals surface area contributed by atoms with Gasteiger partial charge in [-0.2, -0.15) is 0 Å². The van der Waals surface area contributed by atoms with Crippen molar-refractivity contribution in [3.63, 3.8) is 0 Å². The average Bonchev–Trinajstić information content (AvgIpc) is 2.45. The number of carbonyl (C=O) groups is 1. The Kier molecular flexibility index (Phi) is 6.97. The number of nitrogens with one attached hydrogen (secondary N) is 1. The molecule has 0 atom stereocenters. The summed E-state index contributed by atoms with van der Waals surface area (Å²) in [7, 11) is 5.44. The van der Waals surface area contributed by atoms with E-state index in [9.17, 15) is 4.79 Å². The van der Waals surface area contributed by atoms with Gasteiger partial charge in [0.1, 0.15) is 5.75 Å². The fraction of sp³-hybridized carbons (Fsp3) is 0.533. The van der Waals surface area contributed by atoms with Gasteiger partial charge in [-0.25, -0.2) is 0 Å². The smallest absolute Gasteiger partial charge is 0.222 e. The number of hydrogen-bond acceptors (Lipinski definition) is 3. The van der Waals surface area contributed by atoms with Crippen LogP contribution in [0.5, 0.6) is 5.75 Å². The van der Waals surface area contributed by atoms with Gasteiger partial charge in [-0.05, 0) is 44.1 Å². The monoisotopic (exact) mass is 264 g/mol. The highest BCUT2D eigenvalue weighted by atomic mass is 16.5. The third kappa shape index (κ3) is 5.75. The number of benzene rings is 1. The molecule has 0 heterocycles. The number of nitrogens with zero attached hydrogens (tertiary/aromatic N) is 1. The zero-order valence-corrected chi connectivity index (χ0v) is 12.1. The van der Waals surface area contributed by atoms with Crippen LogP contribution in [0, 0.1) is 0 Å². The molecule has 19 heavy (non-hydrogen) atoms. The maximum atomic E-state index is 11.9. The van der Waals surface area contributed by atoms with E-state index in [1.165, 1.54) is 0 Å². The minimum Gasteiger partial charge on any atom is -0.497 e. The van der Waals surface area contributed by atoms with E-state index < -0.39 is 0 Å². The van der Waals surface area contributed by atoms with Gasteiger partial charge in [0.25, 0.3) is 0 Å². The fourth-order valence-corrected chi connectivity index (χ4v) is 1.85. The van der Waals surface area contributed by atoms with Gasteiger partial charge in [-0.3, -0.25) is 4.79 Å². The summed E-state index contributed by atoms with van der Waals surface area (Å²) in [6.07, 6.45) is 2.32. The van der Waals surface area contributed by atoms with Gasteiger partial charge in [-0.1, -0.05) is 12.1 Å². The summed E-state index contributed by atoms with van der Waals surface area (Å²) in [5, 5.41) is 3.08. The van der Waals surface area contributed by atoms with Crippen LogP contribution in [0.4, 0.5) is 0 Å². The first-order chi connectivity index (χ1) is 9.17. The van der Waals surface area contributed by atoms with Crippen molar-refractivity contribution >= 4 is 5.91 Å². The molecule has 0 fully saturated rings. The Morgan fingerprint density at radius 2 is 2.00 bits per heavy atom. The molecular weight excluding hydrogens is 240 g/mol. The van der Waals surface area contributed by atoms with Crippen molar-refractivity contribution < 1.29 is 9.53 Å². The van der Waals surface area contributed by atoms with Crippen LogP contribution in [0.1, 0.15) is 18.4 Å². The standard InChI is InChI=1S/C15H24N2O2/c1-16-11-4-12-17(2)15(18)10-7-13-5-8-14(19-3)9-6-13/h5-6,8-9,16H,4,7,10-12H2,1-3H3. The van der Waals surface area contributed by atoms with E-state index in [1.54, 1.807) is 12.0 Å². The van der Waals surface area contributed by atoms with E-state index >= 15 is 0 Å². The second-order valence-electron chi connectivity index (χ2n) is 4.62. The van der Waals surface area contributed by atoms with Crippen molar-refractivity contribution in [1.82, 2.24) is 10.2 Å². The highest BCUT2D eigenvalue weighted by Crippen LogP contribution is 2.12. The molecule has 0 aliphatic rings. The predicted octanol–water partition coefficient (Wildman–Crippen LogP) is 1.70. The molecule has 4 nitrogen and oxygen atoms in total. The lowest BCUT2D eigenvalue weighted by Gasteiger charge is -2.17. The van der Waals surface area contributed by atoms with Crippen molar-refractivity contribution in [3.05, 3.63) is 29.8 Å². The zero-order chi connectivity index (χ0) is 14.1. The van der Waals surface area contributed by atoms with Crippen LogP contribution >= 0.6 is 0 Å². The van der Waals surface area contributed by atoms with Crippen molar-refractivity contribution in [1.29, 1.82) is 0 Å². The molecule has 0 aromatic heterocycles. The Morgan fingerprint density at radius 3 is 2.58 bits per heavy atom. The van der Waals surface area contributed by atoms with E-state index in [-0.39, 0.29) is 5.91 Å². The average molecular weight is 264 g/mol. The van der Waals surface area contributed by atoms with Gasteiger partial charge >= 0.3 is 0 Å². The minimum atomic E-state index is 0.201. The molecule has 0 bridgehead atoms. The van der Waals surface area contributed by atoms with Crippen molar-refractivity contribution in [3.8, 4) is 5.75 Å². The molecule has 0 spiro atoms. The number of rotatable bonds is 8. The van der Waals surface area contributed by atoms with Gasteiger partial charge in [0.05, 0.1) is 7.11 Å². The van der Waals surface area contributed by atoms with E-state index in [0.29, 0.717) is 6.42 Å². The molecule has 1 rings (SSSR count).